The Morgan fingerprint density at radius 1 is 1.21 bits per heavy atom. The first-order valence-electron chi connectivity index (χ1n) is 4.49. The van der Waals surface area contributed by atoms with E-state index in [9.17, 15) is 4.79 Å². The molecule has 0 aromatic carbocycles. The highest BCUT2D eigenvalue weighted by Gasteiger charge is 2.36. The Kier molecular flexibility index (Phi) is 4.31. The van der Waals surface area contributed by atoms with Crippen LogP contribution in [0.15, 0.2) is 0 Å². The molecule has 1 fully saturated rings. The molecule has 5 heteroatoms. The number of carbonyl (C=O) groups excluding carboxylic acids is 1. The topological polar surface area (TPSA) is 54.0 Å². The van der Waals surface area contributed by atoms with Crippen molar-refractivity contribution in [3.63, 3.8) is 0 Å². The first-order valence-corrected chi connectivity index (χ1v) is 4.49. The normalized spacial score (nSPS) is 32.6. The highest BCUT2D eigenvalue weighted by Crippen LogP contribution is 2.17. The minimum atomic E-state index is -0.379. The second kappa shape index (κ2) is 5.29. The number of esters is 1. The van der Waals surface area contributed by atoms with Gasteiger partial charge in [0.25, 0.3) is 0 Å². The van der Waals surface area contributed by atoms with Crippen LogP contribution in [0, 0.1) is 0 Å². The van der Waals surface area contributed by atoms with Crippen molar-refractivity contribution in [3.05, 3.63) is 0 Å². The van der Waals surface area contributed by atoms with Gasteiger partial charge in [0.2, 0.25) is 0 Å². The van der Waals surface area contributed by atoms with Crippen LogP contribution in [0.5, 0.6) is 0 Å². The number of ether oxygens (including phenoxy) is 4. The van der Waals surface area contributed by atoms with Crippen LogP contribution < -0.4 is 0 Å². The van der Waals surface area contributed by atoms with Gasteiger partial charge >= 0.3 is 5.97 Å². The predicted octanol–water partition coefficient (Wildman–Crippen LogP) is -0.0217. The third-order valence-corrected chi connectivity index (χ3v) is 2.19. The minimum Gasteiger partial charge on any atom is -0.457 e. The molecule has 0 radical (unpaired) electrons. The lowest BCUT2D eigenvalue weighted by Crippen LogP contribution is -2.51. The van der Waals surface area contributed by atoms with Gasteiger partial charge in [-0.25, -0.2) is 0 Å². The van der Waals surface area contributed by atoms with E-state index in [0.717, 1.165) is 0 Å². The van der Waals surface area contributed by atoms with Crippen LogP contribution in [-0.4, -0.2) is 51.7 Å². The average molecular weight is 204 g/mol. The zero-order valence-corrected chi connectivity index (χ0v) is 8.69. The van der Waals surface area contributed by atoms with Crippen molar-refractivity contribution < 1.29 is 23.7 Å². The standard InChI is InChI=1S/C9H16O5/c1-6(10)14-8-5-13-4-7(11-2)9(8)12-3/h7-9H,4-5H2,1-3H3/t7-,8+,9-/m0/s1. The van der Waals surface area contributed by atoms with E-state index in [1.54, 1.807) is 14.2 Å². The second-order valence-corrected chi connectivity index (χ2v) is 3.16. The van der Waals surface area contributed by atoms with E-state index in [-0.39, 0.29) is 24.3 Å². The molecule has 0 amide bonds. The van der Waals surface area contributed by atoms with E-state index in [1.165, 1.54) is 6.92 Å². The minimum absolute atomic E-state index is 0.182. The summed E-state index contributed by atoms with van der Waals surface area (Å²) in [7, 11) is 3.15. The summed E-state index contributed by atoms with van der Waals surface area (Å²) in [5.74, 6) is -0.336. The summed E-state index contributed by atoms with van der Waals surface area (Å²) in [6.45, 7) is 2.19. The van der Waals surface area contributed by atoms with Gasteiger partial charge in [-0.15, -0.1) is 0 Å². The number of hydrogen-bond donors (Lipinski definition) is 0. The molecule has 1 aliphatic rings. The zero-order chi connectivity index (χ0) is 10.6. The fraction of sp³-hybridized carbons (Fsp3) is 0.889. The Morgan fingerprint density at radius 2 is 1.86 bits per heavy atom. The monoisotopic (exact) mass is 204 g/mol. The lowest BCUT2D eigenvalue weighted by atomic mass is 10.1. The van der Waals surface area contributed by atoms with Crippen molar-refractivity contribution in [1.82, 2.24) is 0 Å². The smallest absolute Gasteiger partial charge is 0.303 e. The van der Waals surface area contributed by atoms with Gasteiger partial charge in [-0.05, 0) is 0 Å². The molecular formula is C9H16O5. The number of methoxy groups -OCH3 is 2. The van der Waals surface area contributed by atoms with Crippen LogP contribution in [0.1, 0.15) is 6.92 Å². The molecule has 0 spiro atoms. The predicted molar refractivity (Wildman–Crippen MR) is 48.0 cm³/mol. The van der Waals surface area contributed by atoms with Crippen LogP contribution in [-0.2, 0) is 23.7 Å². The quantitative estimate of drug-likeness (QED) is 0.605. The Bertz CT molecular complexity index is 194. The Balaban J connectivity index is 2.58. The summed E-state index contributed by atoms with van der Waals surface area (Å²) < 4.78 is 20.7. The van der Waals surface area contributed by atoms with Gasteiger partial charge in [-0.1, -0.05) is 0 Å². The molecule has 1 rings (SSSR count). The molecular weight excluding hydrogens is 188 g/mol. The van der Waals surface area contributed by atoms with Crippen molar-refractivity contribution in [1.29, 1.82) is 0 Å². The number of hydrogen-bond acceptors (Lipinski definition) is 5. The summed E-state index contributed by atoms with van der Waals surface area (Å²) in [5.41, 5.74) is 0. The number of rotatable bonds is 3. The summed E-state index contributed by atoms with van der Waals surface area (Å²) in [4.78, 5) is 10.8. The first-order chi connectivity index (χ1) is 6.69. The fourth-order valence-electron chi connectivity index (χ4n) is 1.55. The maximum Gasteiger partial charge on any atom is 0.303 e. The second-order valence-electron chi connectivity index (χ2n) is 3.16. The molecule has 0 aromatic rings. The van der Waals surface area contributed by atoms with Crippen molar-refractivity contribution in [2.24, 2.45) is 0 Å². The molecule has 1 aliphatic heterocycles. The Morgan fingerprint density at radius 3 is 2.36 bits per heavy atom. The molecule has 5 nitrogen and oxygen atoms in total. The van der Waals surface area contributed by atoms with Gasteiger partial charge in [-0.3, -0.25) is 4.79 Å². The maximum absolute atomic E-state index is 10.8. The number of carbonyl (C=O) groups is 1. The average Bonchev–Trinajstić information content (AvgIpc) is 2.16. The SMILES string of the molecule is CO[C@H]1[C@@H](OC)COC[C@H]1OC(C)=O. The maximum atomic E-state index is 10.8. The van der Waals surface area contributed by atoms with Crippen molar-refractivity contribution in [2.75, 3.05) is 27.4 Å². The molecule has 0 N–H and O–H groups in total. The van der Waals surface area contributed by atoms with Crippen LogP contribution in [0.3, 0.4) is 0 Å². The fourth-order valence-corrected chi connectivity index (χ4v) is 1.55. The van der Waals surface area contributed by atoms with Crippen molar-refractivity contribution in [3.8, 4) is 0 Å². The van der Waals surface area contributed by atoms with Gasteiger partial charge in [0, 0.05) is 21.1 Å². The third kappa shape index (κ3) is 2.67. The summed E-state index contributed by atoms with van der Waals surface area (Å²) in [5, 5.41) is 0. The van der Waals surface area contributed by atoms with Crippen LogP contribution in [0.2, 0.25) is 0 Å². The molecule has 0 saturated carbocycles. The van der Waals surface area contributed by atoms with Crippen LogP contribution >= 0.6 is 0 Å². The third-order valence-electron chi connectivity index (χ3n) is 2.19. The van der Waals surface area contributed by atoms with Gasteiger partial charge in [0.1, 0.15) is 12.2 Å². The summed E-state index contributed by atoms with van der Waals surface area (Å²) in [6, 6.07) is 0. The van der Waals surface area contributed by atoms with Gasteiger partial charge in [0.15, 0.2) is 6.10 Å². The van der Waals surface area contributed by atoms with Crippen LogP contribution in [0.4, 0.5) is 0 Å². The highest BCUT2D eigenvalue weighted by atomic mass is 16.6. The van der Waals surface area contributed by atoms with E-state index in [0.29, 0.717) is 13.2 Å². The lowest BCUT2D eigenvalue weighted by molar-refractivity contribution is -0.194. The molecule has 0 aromatic heterocycles. The molecule has 1 heterocycles. The Labute approximate surface area is 83.3 Å². The van der Waals surface area contributed by atoms with Crippen molar-refractivity contribution >= 4 is 5.97 Å². The van der Waals surface area contributed by atoms with Crippen LogP contribution in [0.25, 0.3) is 0 Å². The molecule has 0 bridgehead atoms. The van der Waals surface area contributed by atoms with E-state index in [1.807, 2.05) is 0 Å². The summed E-state index contributed by atoms with van der Waals surface area (Å²) >= 11 is 0. The molecule has 82 valence electrons. The summed E-state index contributed by atoms with van der Waals surface area (Å²) in [6.07, 6.45) is -0.813. The zero-order valence-electron chi connectivity index (χ0n) is 8.69. The van der Waals surface area contributed by atoms with E-state index in [4.69, 9.17) is 18.9 Å². The molecule has 14 heavy (non-hydrogen) atoms. The van der Waals surface area contributed by atoms with Crippen molar-refractivity contribution in [2.45, 2.75) is 25.2 Å². The largest absolute Gasteiger partial charge is 0.457 e. The molecule has 3 atom stereocenters. The van der Waals surface area contributed by atoms with E-state index in [2.05, 4.69) is 0 Å². The Hall–Kier alpha value is -0.650. The van der Waals surface area contributed by atoms with E-state index < -0.39 is 0 Å². The lowest BCUT2D eigenvalue weighted by Gasteiger charge is -2.35. The molecule has 0 unspecified atom stereocenters. The first kappa shape index (κ1) is 11.4. The molecule has 1 saturated heterocycles. The highest BCUT2D eigenvalue weighted by molar-refractivity contribution is 5.66. The molecule has 0 aliphatic carbocycles. The van der Waals surface area contributed by atoms with Gasteiger partial charge in [-0.2, -0.15) is 0 Å². The van der Waals surface area contributed by atoms with Gasteiger partial charge < -0.3 is 18.9 Å². The van der Waals surface area contributed by atoms with Gasteiger partial charge in [0.05, 0.1) is 13.2 Å². The van der Waals surface area contributed by atoms with E-state index >= 15 is 0 Å².